The highest BCUT2D eigenvalue weighted by atomic mass is 16.3. The molecule has 9 nitrogen and oxygen atoms in total. The van der Waals surface area contributed by atoms with Crippen LogP contribution in [0.1, 0.15) is 61.3 Å². The molecule has 0 bridgehead atoms. The molecule has 0 spiro atoms. The van der Waals surface area contributed by atoms with Gasteiger partial charge >= 0.3 is 0 Å². The zero-order valence-electron chi connectivity index (χ0n) is 21.4. The first-order valence-corrected chi connectivity index (χ1v) is 12.7. The van der Waals surface area contributed by atoms with Crippen molar-refractivity contribution in [2.75, 3.05) is 48.8 Å². The number of hydrogen-bond donors (Lipinski definition) is 4. The molecule has 2 aliphatic rings. The van der Waals surface area contributed by atoms with E-state index in [1.165, 1.54) is 5.69 Å². The number of anilines is 4. The molecule has 1 saturated heterocycles. The molecule has 2 fully saturated rings. The second-order valence-corrected chi connectivity index (χ2v) is 10.3. The highest BCUT2D eigenvalue weighted by molar-refractivity contribution is 5.96. The van der Waals surface area contributed by atoms with E-state index in [1.54, 1.807) is 0 Å². The van der Waals surface area contributed by atoms with Gasteiger partial charge in [-0.05, 0) is 76.8 Å². The van der Waals surface area contributed by atoms with E-state index in [-0.39, 0.29) is 11.7 Å². The Bertz CT molecular complexity index is 1050. The molecule has 1 aromatic heterocycles. The van der Waals surface area contributed by atoms with Crippen LogP contribution in [0.3, 0.4) is 0 Å². The standard InChI is InChI=1S/C26H39N7O2/c1-5-20-24(28-18-8-10-26(3,35)11-9-18)31-25(22(30-20)23(27)34)29-19-6-7-21(17(2)16-19)33-14-12-32(4)13-15-33/h6-7,16,18,35H,5,8-15H2,1-4H3,(H2,27,34)(H2,28,29,31)/t18-,26+. The minimum absolute atomic E-state index is 0.139. The quantitative estimate of drug-likeness (QED) is 0.476. The number of hydrogen-bond acceptors (Lipinski definition) is 8. The van der Waals surface area contributed by atoms with Crippen LogP contribution in [0.5, 0.6) is 0 Å². The van der Waals surface area contributed by atoms with Crippen molar-refractivity contribution in [1.29, 1.82) is 0 Å². The molecule has 4 rings (SSSR count). The Morgan fingerprint density at radius 3 is 2.46 bits per heavy atom. The first-order chi connectivity index (χ1) is 16.6. The minimum Gasteiger partial charge on any atom is -0.390 e. The number of likely N-dealkylation sites (N-methyl/N-ethyl adjacent to an activating group) is 1. The number of amides is 1. The largest absolute Gasteiger partial charge is 0.390 e. The normalized spacial score (nSPS) is 23.2. The van der Waals surface area contributed by atoms with Gasteiger partial charge < -0.3 is 31.3 Å². The maximum atomic E-state index is 12.2. The molecule has 0 unspecified atom stereocenters. The van der Waals surface area contributed by atoms with Gasteiger partial charge in [0, 0.05) is 43.6 Å². The van der Waals surface area contributed by atoms with E-state index in [0.717, 1.165) is 63.1 Å². The predicted molar refractivity (Wildman–Crippen MR) is 141 cm³/mol. The Morgan fingerprint density at radius 2 is 1.86 bits per heavy atom. The average molecular weight is 482 g/mol. The number of aryl methyl sites for hydroxylation is 2. The number of aromatic nitrogens is 2. The number of carbonyl (C=O) groups excluding carboxylic acids is 1. The van der Waals surface area contributed by atoms with E-state index in [1.807, 2.05) is 19.9 Å². The van der Waals surface area contributed by atoms with E-state index in [4.69, 9.17) is 10.7 Å². The molecule has 1 aliphatic heterocycles. The third-order valence-corrected chi connectivity index (χ3v) is 7.24. The molecule has 0 atom stereocenters. The van der Waals surface area contributed by atoms with E-state index in [9.17, 15) is 9.90 Å². The van der Waals surface area contributed by atoms with E-state index in [2.05, 4.69) is 51.5 Å². The lowest BCUT2D eigenvalue weighted by atomic mass is 9.83. The summed E-state index contributed by atoms with van der Waals surface area (Å²) in [6, 6.07) is 6.40. The number of nitrogens with one attached hydrogen (secondary N) is 2. The first kappa shape index (κ1) is 25.2. The SMILES string of the molecule is CCc1nc(C(N)=O)c(Nc2ccc(N3CCN(C)CC3)c(C)c2)nc1N[C@H]1CC[C@@](C)(O)CC1. The van der Waals surface area contributed by atoms with Crippen molar-refractivity contribution in [1.82, 2.24) is 14.9 Å². The number of primary amides is 1. The molecular weight excluding hydrogens is 442 g/mol. The van der Waals surface area contributed by atoms with Gasteiger partial charge in [-0.1, -0.05) is 6.92 Å². The number of piperazine rings is 1. The lowest BCUT2D eigenvalue weighted by molar-refractivity contribution is 0.0196. The molecule has 0 radical (unpaired) electrons. The van der Waals surface area contributed by atoms with Crippen molar-refractivity contribution in [2.24, 2.45) is 5.73 Å². The van der Waals surface area contributed by atoms with Crippen molar-refractivity contribution in [3.8, 4) is 0 Å². The average Bonchev–Trinajstić information content (AvgIpc) is 2.81. The van der Waals surface area contributed by atoms with Gasteiger partial charge in [-0.2, -0.15) is 0 Å². The number of aliphatic hydroxyl groups is 1. The van der Waals surface area contributed by atoms with Gasteiger partial charge in [-0.15, -0.1) is 0 Å². The molecule has 5 N–H and O–H groups in total. The van der Waals surface area contributed by atoms with Gasteiger partial charge in [0.05, 0.1) is 11.3 Å². The van der Waals surface area contributed by atoms with Crippen LogP contribution in [0.25, 0.3) is 0 Å². The second kappa shape index (κ2) is 10.4. The number of carbonyl (C=O) groups is 1. The molecule has 1 saturated carbocycles. The van der Waals surface area contributed by atoms with E-state index < -0.39 is 11.5 Å². The Morgan fingerprint density at radius 1 is 1.17 bits per heavy atom. The smallest absolute Gasteiger partial charge is 0.271 e. The van der Waals surface area contributed by atoms with Gasteiger partial charge in [0.2, 0.25) is 0 Å². The Labute approximate surface area is 208 Å². The molecule has 1 aromatic carbocycles. The van der Waals surface area contributed by atoms with Crippen molar-refractivity contribution < 1.29 is 9.90 Å². The molecule has 2 aromatic rings. The molecule has 190 valence electrons. The zero-order valence-corrected chi connectivity index (χ0v) is 21.4. The molecular formula is C26H39N7O2. The summed E-state index contributed by atoms with van der Waals surface area (Å²) >= 11 is 0. The lowest BCUT2D eigenvalue weighted by Gasteiger charge is -2.35. The molecule has 9 heteroatoms. The van der Waals surface area contributed by atoms with Crippen LogP contribution in [0.4, 0.5) is 23.0 Å². The van der Waals surface area contributed by atoms with Crippen molar-refractivity contribution >= 4 is 28.9 Å². The fourth-order valence-corrected chi connectivity index (χ4v) is 4.94. The minimum atomic E-state index is -0.610. The Balaban J connectivity index is 1.57. The van der Waals surface area contributed by atoms with Gasteiger partial charge in [0.15, 0.2) is 11.5 Å². The van der Waals surface area contributed by atoms with E-state index in [0.29, 0.717) is 23.8 Å². The van der Waals surface area contributed by atoms with Gasteiger partial charge in [0.25, 0.3) is 5.91 Å². The van der Waals surface area contributed by atoms with Crippen LogP contribution in [-0.2, 0) is 6.42 Å². The second-order valence-electron chi connectivity index (χ2n) is 10.3. The first-order valence-electron chi connectivity index (χ1n) is 12.7. The summed E-state index contributed by atoms with van der Waals surface area (Å²) in [5.74, 6) is 0.407. The summed E-state index contributed by atoms with van der Waals surface area (Å²) in [5.41, 5.74) is 9.14. The van der Waals surface area contributed by atoms with Crippen molar-refractivity contribution in [2.45, 2.75) is 64.5 Å². The Hall–Kier alpha value is -2.91. The van der Waals surface area contributed by atoms with Crippen LogP contribution in [0, 0.1) is 6.92 Å². The van der Waals surface area contributed by atoms with Gasteiger partial charge in [0.1, 0.15) is 5.82 Å². The van der Waals surface area contributed by atoms with Crippen molar-refractivity contribution in [3.63, 3.8) is 0 Å². The van der Waals surface area contributed by atoms with Crippen LogP contribution >= 0.6 is 0 Å². The predicted octanol–water partition coefficient (Wildman–Crippen LogP) is 3.05. The van der Waals surface area contributed by atoms with Gasteiger partial charge in [-0.3, -0.25) is 4.79 Å². The summed E-state index contributed by atoms with van der Waals surface area (Å²) in [7, 11) is 2.15. The maximum absolute atomic E-state index is 12.2. The fourth-order valence-electron chi connectivity index (χ4n) is 4.94. The summed E-state index contributed by atoms with van der Waals surface area (Å²) in [6.45, 7) is 10.1. The fraction of sp³-hybridized carbons (Fsp3) is 0.577. The summed E-state index contributed by atoms with van der Waals surface area (Å²) in [4.78, 5) is 26.3. The van der Waals surface area contributed by atoms with Crippen LogP contribution in [0.15, 0.2) is 18.2 Å². The number of rotatable bonds is 7. The zero-order chi connectivity index (χ0) is 25.2. The third-order valence-electron chi connectivity index (χ3n) is 7.24. The lowest BCUT2D eigenvalue weighted by Crippen LogP contribution is -2.44. The Kier molecular flexibility index (Phi) is 7.47. The topological polar surface area (TPSA) is 120 Å². The van der Waals surface area contributed by atoms with Crippen molar-refractivity contribution in [3.05, 3.63) is 35.2 Å². The van der Waals surface area contributed by atoms with Crippen LogP contribution in [0.2, 0.25) is 0 Å². The number of nitrogens with two attached hydrogens (primary N) is 1. The summed E-state index contributed by atoms with van der Waals surface area (Å²) < 4.78 is 0. The monoisotopic (exact) mass is 481 g/mol. The van der Waals surface area contributed by atoms with Crippen LogP contribution in [-0.4, -0.2) is 70.8 Å². The number of benzene rings is 1. The molecule has 2 heterocycles. The molecule has 1 amide bonds. The summed E-state index contributed by atoms with van der Waals surface area (Å²) in [5, 5.41) is 17.1. The molecule has 35 heavy (non-hydrogen) atoms. The van der Waals surface area contributed by atoms with E-state index >= 15 is 0 Å². The maximum Gasteiger partial charge on any atom is 0.271 e. The van der Waals surface area contributed by atoms with Gasteiger partial charge in [-0.25, -0.2) is 9.97 Å². The highest BCUT2D eigenvalue weighted by Gasteiger charge is 2.29. The van der Waals surface area contributed by atoms with Crippen LogP contribution < -0.4 is 21.3 Å². The summed E-state index contributed by atoms with van der Waals surface area (Å²) in [6.07, 6.45) is 3.81. The number of nitrogens with zero attached hydrogens (tertiary/aromatic N) is 4. The third kappa shape index (κ3) is 6.02. The molecule has 1 aliphatic carbocycles. The highest BCUT2D eigenvalue weighted by Crippen LogP contribution is 2.31.